The molecule has 0 radical (unpaired) electrons. The molecule has 0 fully saturated rings. The molecule has 0 aliphatic rings. The van der Waals surface area contributed by atoms with Gasteiger partial charge in [-0.15, -0.1) is 0 Å². The minimum Gasteiger partial charge on any atom is -0.370 e. The highest BCUT2D eigenvalue weighted by atomic mass is 32.2. The first-order valence-corrected chi connectivity index (χ1v) is 10.6. The Morgan fingerprint density at radius 1 is 1.07 bits per heavy atom. The van der Waals surface area contributed by atoms with Gasteiger partial charge in [0.15, 0.2) is 0 Å². The van der Waals surface area contributed by atoms with Crippen molar-refractivity contribution in [1.29, 1.82) is 0 Å². The van der Waals surface area contributed by atoms with Crippen molar-refractivity contribution >= 4 is 21.6 Å². The molecule has 152 valence electrons. The van der Waals surface area contributed by atoms with Gasteiger partial charge >= 0.3 is 0 Å². The van der Waals surface area contributed by atoms with Crippen molar-refractivity contribution in [3.05, 3.63) is 59.2 Å². The van der Waals surface area contributed by atoms with Crippen LogP contribution in [-0.4, -0.2) is 52.4 Å². The summed E-state index contributed by atoms with van der Waals surface area (Å²) in [7, 11) is 1.32. The number of carbonyl (C=O) groups excluding carboxylic acids is 1. The number of likely N-dealkylation sites (N-methyl/N-ethyl adjacent to an activating group) is 1. The van der Waals surface area contributed by atoms with Crippen molar-refractivity contribution in [1.82, 2.24) is 9.62 Å². The number of benzene rings is 2. The second-order valence-corrected chi connectivity index (χ2v) is 9.33. The second-order valence-electron chi connectivity index (χ2n) is 7.21. The number of anilines is 1. The van der Waals surface area contributed by atoms with E-state index in [-0.39, 0.29) is 16.8 Å². The van der Waals surface area contributed by atoms with Crippen molar-refractivity contribution in [3.8, 4) is 0 Å². The van der Waals surface area contributed by atoms with E-state index in [4.69, 9.17) is 0 Å². The molecule has 2 rings (SSSR count). The van der Waals surface area contributed by atoms with Gasteiger partial charge in [-0.2, -0.15) is 0 Å². The predicted molar refractivity (Wildman–Crippen MR) is 113 cm³/mol. The van der Waals surface area contributed by atoms with E-state index in [0.29, 0.717) is 17.7 Å². The first-order valence-electron chi connectivity index (χ1n) is 9.15. The summed E-state index contributed by atoms with van der Waals surface area (Å²) in [6.45, 7) is 6.03. The molecule has 6 nitrogen and oxygen atoms in total. The lowest BCUT2D eigenvalue weighted by molar-refractivity contribution is 0.0951. The van der Waals surface area contributed by atoms with Crippen LogP contribution < -0.4 is 10.2 Å². The smallest absolute Gasteiger partial charge is 0.251 e. The molecule has 2 aromatic rings. The van der Waals surface area contributed by atoms with E-state index in [9.17, 15) is 13.2 Å². The quantitative estimate of drug-likeness (QED) is 0.772. The van der Waals surface area contributed by atoms with Crippen molar-refractivity contribution in [2.75, 3.05) is 32.6 Å². The maximum Gasteiger partial charge on any atom is 0.251 e. The summed E-state index contributed by atoms with van der Waals surface area (Å²) in [6.07, 6.45) is 0. The zero-order valence-corrected chi connectivity index (χ0v) is 18.2. The minimum atomic E-state index is -3.62. The lowest BCUT2D eigenvalue weighted by Gasteiger charge is -2.27. The van der Waals surface area contributed by atoms with Crippen LogP contribution >= 0.6 is 0 Å². The number of para-hydroxylation sites is 1. The van der Waals surface area contributed by atoms with Crippen molar-refractivity contribution < 1.29 is 13.2 Å². The third-order valence-corrected chi connectivity index (χ3v) is 6.96. The largest absolute Gasteiger partial charge is 0.370 e. The summed E-state index contributed by atoms with van der Waals surface area (Å²) in [5, 5.41) is 2.91. The molecular formula is C21H29N3O3S. The van der Waals surface area contributed by atoms with E-state index in [1.165, 1.54) is 20.2 Å². The molecule has 0 aliphatic carbocycles. The summed E-state index contributed by atoms with van der Waals surface area (Å²) >= 11 is 0. The normalized spacial score (nSPS) is 12.7. The Balaban J connectivity index is 2.18. The fraction of sp³-hybridized carbons (Fsp3) is 0.381. The molecule has 1 N–H and O–H groups in total. The summed E-state index contributed by atoms with van der Waals surface area (Å²) in [6, 6.07) is 13.2. The highest BCUT2D eigenvalue weighted by Crippen LogP contribution is 2.23. The Labute approximate surface area is 168 Å². The van der Waals surface area contributed by atoms with Gasteiger partial charge in [-0.25, -0.2) is 12.7 Å². The number of hydrogen-bond acceptors (Lipinski definition) is 4. The van der Waals surface area contributed by atoms with Gasteiger partial charge in [0.2, 0.25) is 10.0 Å². The molecule has 0 aliphatic heterocycles. The molecule has 1 amide bonds. The van der Waals surface area contributed by atoms with Crippen molar-refractivity contribution in [3.63, 3.8) is 0 Å². The number of rotatable bonds is 7. The highest BCUT2D eigenvalue weighted by Gasteiger charge is 2.23. The summed E-state index contributed by atoms with van der Waals surface area (Å²) in [5.41, 5.74) is 2.83. The number of sulfonamides is 1. The van der Waals surface area contributed by atoms with Crippen LogP contribution in [0, 0.1) is 13.8 Å². The van der Waals surface area contributed by atoms with E-state index in [2.05, 4.69) is 10.2 Å². The molecule has 0 aromatic heterocycles. The third-order valence-electron chi connectivity index (χ3n) is 5.02. The first kappa shape index (κ1) is 21.9. The molecule has 28 heavy (non-hydrogen) atoms. The van der Waals surface area contributed by atoms with Crippen LogP contribution in [0.2, 0.25) is 0 Å². The maximum absolute atomic E-state index is 12.7. The monoisotopic (exact) mass is 403 g/mol. The molecule has 1 atom stereocenters. The Kier molecular flexibility index (Phi) is 6.85. The van der Waals surface area contributed by atoms with E-state index in [1.54, 1.807) is 13.0 Å². The van der Waals surface area contributed by atoms with Crippen molar-refractivity contribution in [2.24, 2.45) is 0 Å². The molecule has 0 bridgehead atoms. The molecular weight excluding hydrogens is 374 g/mol. The molecule has 2 aromatic carbocycles. The summed E-state index contributed by atoms with van der Waals surface area (Å²) in [5.74, 6) is -0.286. The second kappa shape index (κ2) is 8.75. The molecule has 1 unspecified atom stereocenters. The van der Waals surface area contributed by atoms with Crippen LogP contribution in [0.4, 0.5) is 5.69 Å². The van der Waals surface area contributed by atoms with Crippen LogP contribution in [0.25, 0.3) is 0 Å². The van der Waals surface area contributed by atoms with Crippen LogP contribution in [-0.2, 0) is 10.0 Å². The Morgan fingerprint density at radius 3 is 2.25 bits per heavy atom. The number of aryl methyl sites for hydroxylation is 1. The number of nitrogens with one attached hydrogen (secondary N) is 1. The minimum absolute atomic E-state index is 0.0721. The molecule has 7 heteroatoms. The standard InChI is InChI=1S/C21H29N3O3S/c1-15-12-18(13-20(17(15)3)28(26,27)23(4)5)21(25)22-14-16(2)24(6)19-10-8-7-9-11-19/h7-13,16H,14H2,1-6H3,(H,22,25). The topological polar surface area (TPSA) is 69.7 Å². The van der Waals surface area contributed by atoms with Gasteiger partial charge in [0, 0.05) is 45.0 Å². The van der Waals surface area contributed by atoms with Gasteiger partial charge in [0.05, 0.1) is 4.90 Å². The third kappa shape index (κ3) is 4.72. The van der Waals surface area contributed by atoms with E-state index in [0.717, 1.165) is 15.6 Å². The summed E-state index contributed by atoms with van der Waals surface area (Å²) in [4.78, 5) is 14.9. The zero-order valence-electron chi connectivity index (χ0n) is 17.4. The highest BCUT2D eigenvalue weighted by molar-refractivity contribution is 7.89. The molecule has 0 saturated heterocycles. The van der Waals surface area contributed by atoms with Gasteiger partial charge in [-0.1, -0.05) is 18.2 Å². The average molecular weight is 404 g/mol. The van der Waals surface area contributed by atoms with Gasteiger partial charge in [0.25, 0.3) is 5.91 Å². The number of carbonyl (C=O) groups is 1. The predicted octanol–water partition coefficient (Wildman–Crippen LogP) is 2.81. The van der Waals surface area contributed by atoms with Gasteiger partial charge in [-0.05, 0) is 56.2 Å². The maximum atomic E-state index is 12.7. The number of hydrogen-bond donors (Lipinski definition) is 1. The molecule has 0 spiro atoms. The average Bonchev–Trinajstić information content (AvgIpc) is 2.67. The van der Waals surface area contributed by atoms with Crippen LogP contribution in [0.3, 0.4) is 0 Å². The van der Waals surface area contributed by atoms with Gasteiger partial charge < -0.3 is 10.2 Å². The fourth-order valence-corrected chi connectivity index (χ4v) is 4.04. The van der Waals surface area contributed by atoms with Crippen molar-refractivity contribution in [2.45, 2.75) is 31.7 Å². The van der Waals surface area contributed by atoms with Gasteiger partial charge in [-0.3, -0.25) is 4.79 Å². The Hall–Kier alpha value is -2.38. The summed E-state index contributed by atoms with van der Waals surface area (Å²) < 4.78 is 26.3. The lowest BCUT2D eigenvalue weighted by atomic mass is 10.1. The fourth-order valence-electron chi connectivity index (χ4n) is 2.82. The SMILES string of the molecule is Cc1cc(C(=O)NCC(C)N(C)c2ccccc2)cc(S(=O)(=O)N(C)C)c1C. The Morgan fingerprint density at radius 2 is 1.68 bits per heavy atom. The zero-order chi connectivity index (χ0) is 21.1. The van der Waals surface area contributed by atoms with Crippen LogP contribution in [0.1, 0.15) is 28.4 Å². The van der Waals surface area contributed by atoms with Crippen LogP contribution in [0.15, 0.2) is 47.4 Å². The Bertz CT molecular complexity index is 941. The van der Waals surface area contributed by atoms with Crippen LogP contribution in [0.5, 0.6) is 0 Å². The van der Waals surface area contributed by atoms with E-state index in [1.807, 2.05) is 51.2 Å². The molecule has 0 heterocycles. The lowest BCUT2D eigenvalue weighted by Crippen LogP contribution is -2.40. The first-order chi connectivity index (χ1) is 13.1. The molecule has 0 saturated carbocycles. The number of amides is 1. The van der Waals surface area contributed by atoms with Gasteiger partial charge in [0.1, 0.15) is 0 Å². The van der Waals surface area contributed by atoms with E-state index < -0.39 is 10.0 Å². The van der Waals surface area contributed by atoms with E-state index >= 15 is 0 Å². The number of nitrogens with zero attached hydrogens (tertiary/aromatic N) is 2.